The second kappa shape index (κ2) is 9.26. The minimum absolute atomic E-state index is 0.170. The van der Waals surface area contributed by atoms with Gasteiger partial charge in [0.15, 0.2) is 11.9 Å². The Morgan fingerprint density at radius 3 is 2.58 bits per heavy atom. The molecule has 0 radical (unpaired) electrons. The van der Waals surface area contributed by atoms with Crippen molar-refractivity contribution in [3.63, 3.8) is 0 Å². The van der Waals surface area contributed by atoms with E-state index in [4.69, 9.17) is 9.15 Å². The number of aromatic nitrogens is 1. The van der Waals surface area contributed by atoms with Crippen LogP contribution in [-0.4, -0.2) is 53.1 Å². The lowest BCUT2D eigenvalue weighted by atomic mass is 10.0. The summed E-state index contributed by atoms with van der Waals surface area (Å²) in [7, 11) is 0. The third kappa shape index (κ3) is 4.85. The van der Waals surface area contributed by atoms with Gasteiger partial charge in [-0.1, -0.05) is 30.3 Å². The zero-order chi connectivity index (χ0) is 27.2. The van der Waals surface area contributed by atoms with Gasteiger partial charge in [-0.05, 0) is 31.2 Å². The molecule has 1 atom stereocenters. The Balaban J connectivity index is 1.46. The number of ether oxygens (including phenoxy) is 2. The molecule has 0 spiro atoms. The van der Waals surface area contributed by atoms with Crippen LogP contribution in [0, 0.1) is 6.92 Å². The maximum absolute atomic E-state index is 15.0. The third-order valence-electron chi connectivity index (χ3n) is 6.10. The summed E-state index contributed by atoms with van der Waals surface area (Å²) in [5, 5.41) is 0.957. The fourth-order valence-electron chi connectivity index (χ4n) is 4.24. The van der Waals surface area contributed by atoms with Crippen LogP contribution in [-0.2, 0) is 4.79 Å². The minimum Gasteiger partial charge on any atom is -0.463 e. The SMILES string of the molecule is Cc1cc2cccc(C(=O)N3CCC(F)(F)C(Oc4nc5ccccc5cc4OC(=O)C(F)(F)F)C3)c2o1. The average molecular weight is 534 g/mol. The number of para-hydroxylation sites is 2. The van der Waals surface area contributed by atoms with Crippen LogP contribution in [0.15, 0.2) is 59.0 Å². The maximum Gasteiger partial charge on any atom is 0.491 e. The molecular formula is C26H19F5N2O5. The normalized spacial score (nSPS) is 17.5. The summed E-state index contributed by atoms with van der Waals surface area (Å²) < 4.78 is 84.0. The first-order chi connectivity index (χ1) is 17.9. The lowest BCUT2D eigenvalue weighted by Gasteiger charge is -2.38. The Morgan fingerprint density at radius 2 is 1.82 bits per heavy atom. The summed E-state index contributed by atoms with van der Waals surface area (Å²) >= 11 is 0. The number of fused-ring (bicyclic) bond motifs is 2. The van der Waals surface area contributed by atoms with E-state index in [0.717, 1.165) is 11.0 Å². The summed E-state index contributed by atoms with van der Waals surface area (Å²) in [6.45, 7) is 0.797. The van der Waals surface area contributed by atoms with E-state index in [0.29, 0.717) is 22.1 Å². The number of nitrogens with zero attached hydrogens (tertiary/aromatic N) is 2. The smallest absolute Gasteiger partial charge is 0.463 e. The molecule has 38 heavy (non-hydrogen) atoms. The highest BCUT2D eigenvalue weighted by Gasteiger charge is 2.48. The number of benzene rings is 2. The van der Waals surface area contributed by atoms with E-state index in [2.05, 4.69) is 9.72 Å². The molecule has 4 aromatic rings. The fraction of sp³-hybridized carbons (Fsp3) is 0.269. The van der Waals surface area contributed by atoms with E-state index >= 15 is 0 Å². The highest BCUT2D eigenvalue weighted by atomic mass is 19.4. The van der Waals surface area contributed by atoms with Gasteiger partial charge in [0.25, 0.3) is 17.7 Å². The first-order valence-electron chi connectivity index (χ1n) is 11.4. The minimum atomic E-state index is -5.34. The zero-order valence-corrected chi connectivity index (χ0v) is 19.7. The van der Waals surface area contributed by atoms with E-state index in [1.165, 1.54) is 18.2 Å². The number of halogens is 5. The summed E-state index contributed by atoms with van der Waals surface area (Å²) in [4.78, 5) is 30.0. The van der Waals surface area contributed by atoms with Gasteiger partial charge in [0.1, 0.15) is 11.3 Å². The first-order valence-corrected chi connectivity index (χ1v) is 11.4. The molecule has 0 aliphatic carbocycles. The highest BCUT2D eigenvalue weighted by molar-refractivity contribution is 6.05. The number of piperidine rings is 1. The standard InChI is InChI=1S/C26H19F5N2O5/c1-14-11-16-6-4-7-17(21(16)36-14)23(34)33-10-9-25(27,28)20(13-33)38-22-19(37-24(35)26(29,30)31)12-15-5-2-3-8-18(15)32-22/h2-8,11-12,20H,9-10,13H2,1H3. The molecule has 1 fully saturated rings. The number of alkyl halides is 5. The van der Waals surface area contributed by atoms with E-state index in [9.17, 15) is 31.5 Å². The van der Waals surface area contributed by atoms with Crippen LogP contribution < -0.4 is 9.47 Å². The van der Waals surface area contributed by atoms with Crippen molar-refractivity contribution in [1.82, 2.24) is 9.88 Å². The van der Waals surface area contributed by atoms with Crippen LogP contribution in [0.3, 0.4) is 0 Å². The van der Waals surface area contributed by atoms with Gasteiger partial charge in [0, 0.05) is 23.7 Å². The van der Waals surface area contributed by atoms with Crippen molar-refractivity contribution in [2.24, 2.45) is 0 Å². The molecule has 7 nitrogen and oxygen atoms in total. The van der Waals surface area contributed by atoms with Gasteiger partial charge in [-0.25, -0.2) is 18.6 Å². The molecule has 2 aromatic heterocycles. The maximum atomic E-state index is 15.0. The first kappa shape index (κ1) is 25.4. The number of likely N-dealkylation sites (tertiary alicyclic amines) is 1. The molecule has 0 N–H and O–H groups in total. The molecule has 198 valence electrons. The molecule has 1 aliphatic heterocycles. The predicted molar refractivity (Wildman–Crippen MR) is 124 cm³/mol. The topological polar surface area (TPSA) is 81.9 Å². The van der Waals surface area contributed by atoms with Crippen molar-refractivity contribution in [2.75, 3.05) is 13.1 Å². The Kier molecular flexibility index (Phi) is 6.20. The molecule has 1 aliphatic rings. The number of aryl methyl sites for hydroxylation is 1. The molecule has 1 unspecified atom stereocenters. The molecule has 5 rings (SSSR count). The molecular weight excluding hydrogens is 515 g/mol. The Labute approximate surface area is 211 Å². The molecule has 3 heterocycles. The second-order valence-electron chi connectivity index (χ2n) is 8.82. The third-order valence-corrected chi connectivity index (χ3v) is 6.10. The average Bonchev–Trinajstić information content (AvgIpc) is 3.24. The van der Waals surface area contributed by atoms with Crippen LogP contribution in [0.4, 0.5) is 22.0 Å². The Bertz CT molecular complexity index is 1550. The van der Waals surface area contributed by atoms with Crippen molar-refractivity contribution in [3.05, 3.63) is 65.9 Å². The van der Waals surface area contributed by atoms with E-state index in [-0.39, 0.29) is 17.6 Å². The van der Waals surface area contributed by atoms with E-state index in [1.807, 2.05) is 0 Å². The Morgan fingerprint density at radius 1 is 1.08 bits per heavy atom. The number of rotatable bonds is 4. The van der Waals surface area contributed by atoms with Crippen molar-refractivity contribution >= 4 is 33.7 Å². The van der Waals surface area contributed by atoms with Crippen molar-refractivity contribution < 1.29 is 45.4 Å². The molecule has 0 bridgehead atoms. The molecule has 1 amide bonds. The van der Waals surface area contributed by atoms with Crippen LogP contribution in [0.25, 0.3) is 21.9 Å². The van der Waals surface area contributed by atoms with Crippen LogP contribution in [0.2, 0.25) is 0 Å². The van der Waals surface area contributed by atoms with Gasteiger partial charge in [-0.15, -0.1) is 0 Å². The number of pyridine rings is 1. The van der Waals surface area contributed by atoms with Gasteiger partial charge < -0.3 is 18.8 Å². The molecule has 12 heteroatoms. The lowest BCUT2D eigenvalue weighted by Crippen LogP contribution is -2.55. The van der Waals surface area contributed by atoms with Gasteiger partial charge in [0.05, 0.1) is 17.6 Å². The number of hydrogen-bond acceptors (Lipinski definition) is 6. The number of carbonyl (C=O) groups is 2. The van der Waals surface area contributed by atoms with Crippen molar-refractivity contribution in [1.29, 1.82) is 0 Å². The fourth-order valence-corrected chi connectivity index (χ4v) is 4.24. The lowest BCUT2D eigenvalue weighted by molar-refractivity contribution is -0.190. The number of furan rings is 1. The largest absolute Gasteiger partial charge is 0.491 e. The molecule has 2 aromatic carbocycles. The van der Waals surface area contributed by atoms with Gasteiger partial charge >= 0.3 is 12.1 Å². The van der Waals surface area contributed by atoms with Crippen molar-refractivity contribution in [3.8, 4) is 11.6 Å². The number of carbonyl (C=O) groups excluding carboxylic acids is 2. The summed E-state index contributed by atoms with van der Waals surface area (Å²) in [5.41, 5.74) is 0.687. The monoisotopic (exact) mass is 534 g/mol. The van der Waals surface area contributed by atoms with Gasteiger partial charge in [-0.2, -0.15) is 13.2 Å². The number of hydrogen-bond donors (Lipinski definition) is 0. The zero-order valence-electron chi connectivity index (χ0n) is 19.7. The quantitative estimate of drug-likeness (QED) is 0.247. The molecule has 1 saturated heterocycles. The number of esters is 1. The van der Waals surface area contributed by atoms with Crippen LogP contribution >= 0.6 is 0 Å². The van der Waals surface area contributed by atoms with E-state index in [1.54, 1.807) is 37.3 Å². The van der Waals surface area contributed by atoms with Gasteiger partial charge in [-0.3, -0.25) is 4.79 Å². The van der Waals surface area contributed by atoms with Crippen LogP contribution in [0.5, 0.6) is 11.6 Å². The van der Waals surface area contributed by atoms with Crippen LogP contribution in [0.1, 0.15) is 22.5 Å². The highest BCUT2D eigenvalue weighted by Crippen LogP contribution is 2.37. The van der Waals surface area contributed by atoms with Crippen molar-refractivity contribution in [2.45, 2.75) is 31.5 Å². The summed E-state index contributed by atoms with van der Waals surface area (Å²) in [6, 6.07) is 13.8. The van der Waals surface area contributed by atoms with E-state index < -0.39 is 54.7 Å². The summed E-state index contributed by atoms with van der Waals surface area (Å²) in [5.74, 6) is -7.55. The summed E-state index contributed by atoms with van der Waals surface area (Å²) in [6.07, 6.45) is -8.11. The second-order valence-corrected chi connectivity index (χ2v) is 8.82. The Hall–Kier alpha value is -4.22. The predicted octanol–water partition coefficient (Wildman–Crippen LogP) is 5.69. The number of amides is 1. The molecule has 0 saturated carbocycles. The van der Waals surface area contributed by atoms with Gasteiger partial charge in [0.2, 0.25) is 0 Å².